The number of nitriles is 1. The quantitative estimate of drug-likeness (QED) is 0.895. The number of hydrogen-bond acceptors (Lipinski definition) is 5. The lowest BCUT2D eigenvalue weighted by Gasteiger charge is -2.28. The minimum atomic E-state index is 0.133. The van der Waals surface area contributed by atoms with Crippen LogP contribution in [0.2, 0.25) is 5.15 Å². The van der Waals surface area contributed by atoms with Gasteiger partial charge in [-0.3, -0.25) is 0 Å². The molecular formula is C11H17ClN4S. The Morgan fingerprint density at radius 1 is 1.53 bits per heavy atom. The first kappa shape index (κ1) is 14.2. The van der Waals surface area contributed by atoms with Gasteiger partial charge in [0.05, 0.1) is 0 Å². The fourth-order valence-electron chi connectivity index (χ4n) is 1.67. The number of anilines is 1. The van der Waals surface area contributed by atoms with E-state index in [0.29, 0.717) is 10.0 Å². The Morgan fingerprint density at radius 3 is 2.65 bits per heavy atom. The van der Waals surface area contributed by atoms with Crippen LogP contribution >= 0.6 is 22.9 Å². The molecule has 0 aliphatic rings. The van der Waals surface area contributed by atoms with E-state index in [2.05, 4.69) is 43.1 Å². The molecule has 0 aromatic carbocycles. The van der Waals surface area contributed by atoms with Gasteiger partial charge < -0.3 is 10.2 Å². The SMILES string of the molecule is CN(C)CC(C)(C)CNc1nc(Cl)c(C#N)s1. The van der Waals surface area contributed by atoms with Gasteiger partial charge in [-0.15, -0.1) is 0 Å². The molecule has 1 rings (SSSR count). The predicted molar refractivity (Wildman–Crippen MR) is 72.7 cm³/mol. The Labute approximate surface area is 111 Å². The summed E-state index contributed by atoms with van der Waals surface area (Å²) < 4.78 is 0. The molecule has 0 amide bonds. The molecule has 0 saturated heterocycles. The van der Waals surface area contributed by atoms with Gasteiger partial charge in [-0.2, -0.15) is 5.26 Å². The van der Waals surface area contributed by atoms with Crippen LogP contribution in [0, 0.1) is 16.7 Å². The highest BCUT2D eigenvalue weighted by molar-refractivity contribution is 7.16. The summed E-state index contributed by atoms with van der Waals surface area (Å²) in [6, 6.07) is 2.02. The highest BCUT2D eigenvalue weighted by Crippen LogP contribution is 2.27. The minimum absolute atomic E-state index is 0.133. The first-order valence-electron chi connectivity index (χ1n) is 5.29. The van der Waals surface area contributed by atoms with Crippen LogP contribution < -0.4 is 5.32 Å². The van der Waals surface area contributed by atoms with E-state index in [4.69, 9.17) is 16.9 Å². The highest BCUT2D eigenvalue weighted by atomic mass is 35.5. The van der Waals surface area contributed by atoms with Gasteiger partial charge in [-0.05, 0) is 19.5 Å². The van der Waals surface area contributed by atoms with Crippen molar-refractivity contribution in [3.8, 4) is 6.07 Å². The number of nitrogens with zero attached hydrogens (tertiary/aromatic N) is 3. The summed E-state index contributed by atoms with van der Waals surface area (Å²) in [5.41, 5.74) is 0.133. The monoisotopic (exact) mass is 272 g/mol. The van der Waals surface area contributed by atoms with Crippen molar-refractivity contribution in [3.05, 3.63) is 10.0 Å². The summed E-state index contributed by atoms with van der Waals surface area (Å²) in [4.78, 5) is 6.71. The van der Waals surface area contributed by atoms with Crippen molar-refractivity contribution in [1.82, 2.24) is 9.88 Å². The van der Waals surface area contributed by atoms with Gasteiger partial charge in [-0.25, -0.2) is 4.98 Å². The summed E-state index contributed by atoms with van der Waals surface area (Å²) >= 11 is 7.10. The van der Waals surface area contributed by atoms with Gasteiger partial charge in [-0.1, -0.05) is 36.8 Å². The Hall–Kier alpha value is -0.830. The van der Waals surface area contributed by atoms with E-state index in [1.165, 1.54) is 11.3 Å². The molecule has 0 saturated carbocycles. The molecule has 4 nitrogen and oxygen atoms in total. The largest absolute Gasteiger partial charge is 0.361 e. The van der Waals surface area contributed by atoms with Gasteiger partial charge in [0.15, 0.2) is 10.3 Å². The molecule has 0 bridgehead atoms. The molecule has 0 aliphatic heterocycles. The van der Waals surface area contributed by atoms with Gasteiger partial charge in [0.25, 0.3) is 0 Å². The molecule has 0 unspecified atom stereocenters. The van der Waals surface area contributed by atoms with Crippen molar-refractivity contribution in [1.29, 1.82) is 5.26 Å². The smallest absolute Gasteiger partial charge is 0.185 e. The lowest BCUT2D eigenvalue weighted by molar-refractivity contribution is 0.254. The standard InChI is InChI=1S/C11H17ClN4S/c1-11(2,7-16(3)4)6-14-10-15-9(12)8(5-13)17-10/h6-7H2,1-4H3,(H,14,15). The highest BCUT2D eigenvalue weighted by Gasteiger charge is 2.19. The van der Waals surface area contributed by atoms with E-state index < -0.39 is 0 Å². The van der Waals surface area contributed by atoms with Gasteiger partial charge >= 0.3 is 0 Å². The predicted octanol–water partition coefficient (Wildman–Crippen LogP) is 2.67. The third kappa shape index (κ3) is 4.50. The van der Waals surface area contributed by atoms with Crippen molar-refractivity contribution in [2.24, 2.45) is 5.41 Å². The zero-order chi connectivity index (χ0) is 13.1. The second kappa shape index (κ2) is 5.67. The molecule has 0 spiro atoms. The van der Waals surface area contributed by atoms with Gasteiger partial charge in [0.1, 0.15) is 10.9 Å². The molecule has 1 heterocycles. The Balaban J connectivity index is 2.58. The lowest BCUT2D eigenvalue weighted by Crippen LogP contribution is -2.34. The molecule has 0 aliphatic carbocycles. The topological polar surface area (TPSA) is 52.0 Å². The molecule has 17 heavy (non-hydrogen) atoms. The summed E-state index contributed by atoms with van der Waals surface area (Å²) in [5, 5.41) is 13.0. The van der Waals surface area contributed by atoms with Gasteiger partial charge in [0.2, 0.25) is 0 Å². The Bertz CT molecular complexity index is 420. The number of rotatable bonds is 5. The van der Waals surface area contributed by atoms with E-state index >= 15 is 0 Å². The molecule has 6 heteroatoms. The average molecular weight is 273 g/mol. The Kier molecular flexibility index (Phi) is 4.75. The first-order chi connectivity index (χ1) is 7.84. The second-order valence-electron chi connectivity index (χ2n) is 5.01. The van der Waals surface area contributed by atoms with E-state index in [1.807, 2.05) is 6.07 Å². The number of nitrogens with one attached hydrogen (secondary N) is 1. The molecule has 1 aromatic rings. The van der Waals surface area contributed by atoms with Crippen molar-refractivity contribution in [2.45, 2.75) is 13.8 Å². The van der Waals surface area contributed by atoms with Gasteiger partial charge in [0, 0.05) is 13.1 Å². The maximum atomic E-state index is 8.78. The Morgan fingerprint density at radius 2 is 2.18 bits per heavy atom. The van der Waals surface area contributed by atoms with Crippen LogP contribution in [0.5, 0.6) is 0 Å². The van der Waals surface area contributed by atoms with Crippen LogP contribution in [0.25, 0.3) is 0 Å². The molecular weight excluding hydrogens is 256 g/mol. The van der Waals surface area contributed by atoms with Crippen molar-refractivity contribution >= 4 is 28.1 Å². The van der Waals surface area contributed by atoms with Crippen molar-refractivity contribution in [2.75, 3.05) is 32.5 Å². The lowest BCUT2D eigenvalue weighted by atomic mass is 9.93. The average Bonchev–Trinajstić information content (AvgIpc) is 2.54. The number of halogens is 1. The number of thiazole rings is 1. The van der Waals surface area contributed by atoms with Crippen LogP contribution in [0.4, 0.5) is 5.13 Å². The van der Waals surface area contributed by atoms with Crippen molar-refractivity contribution < 1.29 is 0 Å². The molecule has 0 fully saturated rings. The fourth-order valence-corrected chi connectivity index (χ4v) is 2.62. The van der Waals surface area contributed by atoms with E-state index in [1.54, 1.807) is 0 Å². The fraction of sp³-hybridized carbons (Fsp3) is 0.636. The van der Waals surface area contributed by atoms with Crippen LogP contribution in [-0.4, -0.2) is 37.1 Å². The van der Waals surface area contributed by atoms with Crippen LogP contribution in [0.1, 0.15) is 18.7 Å². The maximum Gasteiger partial charge on any atom is 0.185 e. The molecule has 0 atom stereocenters. The van der Waals surface area contributed by atoms with Crippen molar-refractivity contribution in [3.63, 3.8) is 0 Å². The second-order valence-corrected chi connectivity index (χ2v) is 6.36. The van der Waals surface area contributed by atoms with E-state index in [-0.39, 0.29) is 10.6 Å². The zero-order valence-electron chi connectivity index (χ0n) is 10.5. The number of aromatic nitrogens is 1. The summed E-state index contributed by atoms with van der Waals surface area (Å²) in [6.45, 7) is 6.13. The minimum Gasteiger partial charge on any atom is -0.361 e. The molecule has 1 aromatic heterocycles. The van der Waals surface area contributed by atoms with Crippen LogP contribution in [-0.2, 0) is 0 Å². The molecule has 1 N–H and O–H groups in total. The normalized spacial score (nSPS) is 11.6. The molecule has 0 radical (unpaired) electrons. The van der Waals surface area contributed by atoms with E-state index in [0.717, 1.165) is 13.1 Å². The summed E-state index contributed by atoms with van der Waals surface area (Å²) in [5.74, 6) is 0. The van der Waals surface area contributed by atoms with E-state index in [9.17, 15) is 0 Å². The zero-order valence-corrected chi connectivity index (χ0v) is 12.1. The first-order valence-corrected chi connectivity index (χ1v) is 6.48. The molecule has 94 valence electrons. The van der Waals surface area contributed by atoms with Crippen LogP contribution in [0.15, 0.2) is 0 Å². The third-order valence-electron chi connectivity index (χ3n) is 2.15. The summed E-state index contributed by atoms with van der Waals surface area (Å²) in [7, 11) is 4.10. The maximum absolute atomic E-state index is 8.78. The number of hydrogen-bond donors (Lipinski definition) is 1. The summed E-state index contributed by atoms with van der Waals surface area (Å²) in [6.07, 6.45) is 0. The third-order valence-corrected chi connectivity index (χ3v) is 3.45. The van der Waals surface area contributed by atoms with Crippen LogP contribution in [0.3, 0.4) is 0 Å².